The second-order valence-electron chi connectivity index (χ2n) is 16.2. The molecule has 0 spiro atoms. The van der Waals surface area contributed by atoms with Crippen molar-refractivity contribution in [1.29, 1.82) is 0 Å². The van der Waals surface area contributed by atoms with Gasteiger partial charge in [0, 0.05) is 66.8 Å². The molecule has 58 heavy (non-hydrogen) atoms. The van der Waals surface area contributed by atoms with Gasteiger partial charge < -0.3 is 28.6 Å². The molecule has 0 saturated heterocycles. The van der Waals surface area contributed by atoms with Gasteiger partial charge in [0.2, 0.25) is 0 Å². The van der Waals surface area contributed by atoms with Crippen molar-refractivity contribution >= 4 is 24.6 Å². The van der Waals surface area contributed by atoms with Gasteiger partial charge in [0.05, 0.1) is 38.4 Å². The van der Waals surface area contributed by atoms with Gasteiger partial charge in [0.15, 0.2) is 5.69 Å². The number of fused-ring (bicyclic) bond motifs is 3. The summed E-state index contributed by atoms with van der Waals surface area (Å²) in [5.41, 5.74) is 4.04. The van der Waals surface area contributed by atoms with Gasteiger partial charge in [-0.25, -0.2) is 4.68 Å². The average Bonchev–Trinajstić information content (AvgIpc) is 3.86. The number of rotatable bonds is 14. The van der Waals surface area contributed by atoms with Crippen LogP contribution in [0.3, 0.4) is 0 Å². The first kappa shape index (κ1) is 40.3. The van der Waals surface area contributed by atoms with E-state index in [1.165, 1.54) is 0 Å². The third kappa shape index (κ3) is 7.26. The SMILES string of the molecule is COc1cc(OC)cc(-n2nc(C(=O)N(C)C(C)(C)CCCC(C)(C)[Si](O)(c3ccccc3)c3ccccc3)c3c2-c2cc(-c4ccn(C)n4)c(OC)cc2OC3)c1. The van der Waals surface area contributed by atoms with Crippen LogP contribution < -0.4 is 29.3 Å². The smallest absolute Gasteiger partial charge is 0.274 e. The second kappa shape index (κ2) is 15.8. The molecule has 1 aliphatic heterocycles. The molecular weight excluding hydrogens is 747 g/mol. The fraction of sp³-hybridized carbons (Fsp3) is 0.326. The van der Waals surface area contributed by atoms with Crippen LogP contribution in [-0.4, -0.2) is 77.4 Å². The largest absolute Gasteiger partial charge is 0.497 e. The predicted octanol–water partition coefficient (Wildman–Crippen LogP) is 7.41. The van der Waals surface area contributed by atoms with Crippen LogP contribution in [0.5, 0.6) is 23.0 Å². The maximum Gasteiger partial charge on any atom is 0.274 e. The summed E-state index contributed by atoms with van der Waals surface area (Å²) in [5.74, 6) is 2.16. The molecule has 0 aliphatic carbocycles. The van der Waals surface area contributed by atoms with E-state index in [9.17, 15) is 9.59 Å². The van der Waals surface area contributed by atoms with Crippen LogP contribution in [-0.2, 0) is 13.7 Å². The fourth-order valence-corrected chi connectivity index (χ4v) is 11.9. The lowest BCUT2D eigenvalue weighted by Gasteiger charge is -2.42. The number of methoxy groups -OCH3 is 3. The van der Waals surface area contributed by atoms with E-state index in [0.29, 0.717) is 46.4 Å². The molecule has 302 valence electrons. The molecule has 0 unspecified atom stereocenters. The Morgan fingerprint density at radius 3 is 2.00 bits per heavy atom. The van der Waals surface area contributed by atoms with Crippen molar-refractivity contribution in [2.75, 3.05) is 28.4 Å². The Morgan fingerprint density at radius 2 is 1.45 bits per heavy atom. The van der Waals surface area contributed by atoms with Gasteiger partial charge in [-0.2, -0.15) is 10.2 Å². The highest BCUT2D eigenvalue weighted by Crippen LogP contribution is 2.47. The molecule has 11 nitrogen and oxygen atoms in total. The summed E-state index contributed by atoms with van der Waals surface area (Å²) in [6, 6.07) is 31.5. The number of hydrogen-bond donors (Lipinski definition) is 1. The first-order valence-electron chi connectivity index (χ1n) is 19.5. The van der Waals surface area contributed by atoms with Crippen LogP contribution in [0.4, 0.5) is 0 Å². The average molecular weight is 800 g/mol. The summed E-state index contributed by atoms with van der Waals surface area (Å²) >= 11 is 0. The van der Waals surface area contributed by atoms with E-state index in [0.717, 1.165) is 45.7 Å². The number of benzene rings is 4. The first-order chi connectivity index (χ1) is 27.7. The Morgan fingerprint density at radius 1 is 0.828 bits per heavy atom. The molecular formula is C46H53N5O6Si. The fourth-order valence-electron chi connectivity index (χ4n) is 8.13. The van der Waals surface area contributed by atoms with Gasteiger partial charge in [-0.15, -0.1) is 0 Å². The van der Waals surface area contributed by atoms with E-state index in [4.69, 9.17) is 24.0 Å². The molecule has 3 heterocycles. The Balaban J connectivity index is 1.24. The predicted molar refractivity (Wildman–Crippen MR) is 229 cm³/mol. The van der Waals surface area contributed by atoms with Crippen molar-refractivity contribution in [3.05, 3.63) is 115 Å². The Hall–Kier alpha value is -5.85. The van der Waals surface area contributed by atoms with Crippen molar-refractivity contribution in [3.63, 3.8) is 0 Å². The zero-order valence-electron chi connectivity index (χ0n) is 34.9. The molecule has 1 amide bonds. The lowest BCUT2D eigenvalue weighted by molar-refractivity contribution is 0.0596. The molecule has 1 aliphatic rings. The van der Waals surface area contributed by atoms with E-state index in [1.54, 1.807) is 41.7 Å². The van der Waals surface area contributed by atoms with Crippen molar-refractivity contribution in [2.45, 2.75) is 64.1 Å². The van der Waals surface area contributed by atoms with Gasteiger partial charge in [-0.05, 0) is 54.2 Å². The maximum atomic E-state index is 14.8. The van der Waals surface area contributed by atoms with Gasteiger partial charge >= 0.3 is 0 Å². The Labute approximate surface area is 341 Å². The van der Waals surface area contributed by atoms with Gasteiger partial charge in [0.25, 0.3) is 14.2 Å². The summed E-state index contributed by atoms with van der Waals surface area (Å²) in [5, 5.41) is 11.3. The minimum absolute atomic E-state index is 0.126. The van der Waals surface area contributed by atoms with Crippen LogP contribution in [0, 0.1) is 0 Å². The van der Waals surface area contributed by atoms with Crippen LogP contribution in [0.15, 0.2) is 103 Å². The number of hydrogen-bond acceptors (Lipinski definition) is 8. The quantitative estimate of drug-likeness (QED) is 0.114. The third-order valence-corrected chi connectivity index (χ3v) is 16.4. The molecule has 6 aromatic rings. The molecule has 0 radical (unpaired) electrons. The number of amides is 1. The normalized spacial score (nSPS) is 12.7. The van der Waals surface area contributed by atoms with E-state index in [2.05, 4.69) is 57.1 Å². The van der Waals surface area contributed by atoms with E-state index < -0.39 is 18.9 Å². The van der Waals surface area contributed by atoms with Crippen LogP contribution in [0.1, 0.15) is 63.0 Å². The molecule has 1 N–H and O–H groups in total. The summed E-state index contributed by atoms with van der Waals surface area (Å²) in [6.07, 6.45) is 4.14. The Bertz CT molecular complexity index is 2360. The maximum absolute atomic E-state index is 14.8. The number of ether oxygens (including phenoxy) is 4. The molecule has 0 bridgehead atoms. The topological polar surface area (TPSA) is 113 Å². The monoisotopic (exact) mass is 799 g/mol. The number of aromatic nitrogens is 4. The zero-order chi connectivity index (χ0) is 41.4. The van der Waals surface area contributed by atoms with E-state index >= 15 is 0 Å². The molecule has 7 rings (SSSR count). The highest BCUT2D eigenvalue weighted by atomic mass is 28.4. The molecule has 12 heteroatoms. The molecule has 4 aromatic carbocycles. The summed E-state index contributed by atoms with van der Waals surface area (Å²) < 4.78 is 27.0. The molecule has 0 fully saturated rings. The van der Waals surface area contributed by atoms with Crippen molar-refractivity contribution in [2.24, 2.45) is 7.05 Å². The summed E-state index contributed by atoms with van der Waals surface area (Å²) in [7, 11) is 5.35. The van der Waals surface area contributed by atoms with Gasteiger partial charge in [-0.1, -0.05) is 80.9 Å². The zero-order valence-corrected chi connectivity index (χ0v) is 35.9. The highest BCUT2D eigenvalue weighted by molar-refractivity contribution is 6.98. The van der Waals surface area contributed by atoms with Gasteiger partial charge in [-0.3, -0.25) is 9.48 Å². The Kier molecular flexibility index (Phi) is 11.0. The lowest BCUT2D eigenvalue weighted by atomic mass is 9.92. The van der Waals surface area contributed by atoms with E-state index in [-0.39, 0.29) is 12.5 Å². The van der Waals surface area contributed by atoms with Crippen LogP contribution in [0.25, 0.3) is 28.2 Å². The lowest BCUT2D eigenvalue weighted by Crippen LogP contribution is -2.65. The number of nitrogens with zero attached hydrogens (tertiary/aromatic N) is 5. The van der Waals surface area contributed by atoms with Crippen LogP contribution in [0.2, 0.25) is 5.04 Å². The van der Waals surface area contributed by atoms with Crippen molar-refractivity contribution < 1.29 is 28.5 Å². The third-order valence-electron chi connectivity index (χ3n) is 11.9. The van der Waals surface area contributed by atoms with E-state index in [1.807, 2.05) is 87.0 Å². The first-order valence-corrected chi connectivity index (χ1v) is 21.5. The summed E-state index contributed by atoms with van der Waals surface area (Å²) in [4.78, 5) is 29.4. The minimum atomic E-state index is -3.18. The summed E-state index contributed by atoms with van der Waals surface area (Å²) in [6.45, 7) is 8.66. The molecule has 0 saturated carbocycles. The molecule has 2 aromatic heterocycles. The minimum Gasteiger partial charge on any atom is -0.497 e. The van der Waals surface area contributed by atoms with Gasteiger partial charge in [0.1, 0.15) is 29.6 Å². The second-order valence-corrected chi connectivity index (χ2v) is 20.2. The number of aryl methyl sites for hydroxylation is 1. The standard InChI is InChI=1S/C46H53N5O6Si/c1-45(2,22-16-23-46(3,4)58(53,34-17-12-10-13-18-34)35-19-14-11-15-20-35)50(6)44(52)42-38-30-57-41-29-40(56-9)36(39-21-24-49(5)47-39)28-37(41)43(38)51(48-42)31-25-32(54-7)27-33(26-31)55-8/h10-15,17-21,24-29,53H,16,22-23,30H2,1-9H3. The van der Waals surface area contributed by atoms with Crippen LogP contribution >= 0.6 is 0 Å². The van der Waals surface area contributed by atoms with Crippen molar-refractivity contribution in [1.82, 2.24) is 24.5 Å². The molecule has 0 atom stereocenters. The number of carbonyl (C=O) groups is 1. The van der Waals surface area contributed by atoms with Crippen molar-refractivity contribution in [3.8, 4) is 51.2 Å². The number of carbonyl (C=O) groups excluding carboxylic acids is 1. The highest BCUT2D eigenvalue weighted by Gasteiger charge is 2.49.